The van der Waals surface area contributed by atoms with E-state index in [0.29, 0.717) is 4.75 Å². The van der Waals surface area contributed by atoms with Crippen LogP contribution in [0.1, 0.15) is 38.4 Å². The SMILES string of the molecule is CCNCc1ccc(CN2CCSC(C)(C)CC2)nc1. The first-order valence-corrected chi connectivity index (χ1v) is 8.58. The fourth-order valence-electron chi connectivity index (χ4n) is 2.37. The molecule has 0 unspecified atom stereocenters. The number of rotatable bonds is 5. The van der Waals surface area contributed by atoms with Crippen LogP contribution in [0.3, 0.4) is 0 Å². The molecule has 2 rings (SSSR count). The Hall–Kier alpha value is -0.580. The van der Waals surface area contributed by atoms with E-state index in [0.717, 1.165) is 19.6 Å². The summed E-state index contributed by atoms with van der Waals surface area (Å²) in [5.41, 5.74) is 2.46. The van der Waals surface area contributed by atoms with Gasteiger partial charge in [-0.1, -0.05) is 26.8 Å². The predicted octanol–water partition coefficient (Wildman–Crippen LogP) is 2.91. The summed E-state index contributed by atoms with van der Waals surface area (Å²) in [7, 11) is 0. The summed E-state index contributed by atoms with van der Waals surface area (Å²) in [5.74, 6) is 1.23. The summed E-state index contributed by atoms with van der Waals surface area (Å²) in [6.45, 7) is 12.1. The predicted molar refractivity (Wildman–Crippen MR) is 88.0 cm³/mol. The highest BCUT2D eigenvalue weighted by atomic mass is 32.2. The van der Waals surface area contributed by atoms with Crippen LogP contribution >= 0.6 is 11.8 Å². The molecule has 1 aromatic heterocycles. The van der Waals surface area contributed by atoms with Crippen molar-refractivity contribution >= 4 is 11.8 Å². The number of nitrogens with zero attached hydrogens (tertiary/aromatic N) is 2. The van der Waals surface area contributed by atoms with Crippen molar-refractivity contribution in [3.63, 3.8) is 0 Å². The maximum Gasteiger partial charge on any atom is 0.0544 e. The Morgan fingerprint density at radius 1 is 1.35 bits per heavy atom. The first-order chi connectivity index (χ1) is 9.59. The molecule has 1 fully saturated rings. The van der Waals surface area contributed by atoms with Crippen LogP contribution in [-0.4, -0.2) is 40.0 Å². The minimum atomic E-state index is 0.428. The van der Waals surface area contributed by atoms with Crippen LogP contribution in [0, 0.1) is 0 Å². The second-order valence-electron chi connectivity index (χ2n) is 6.07. The summed E-state index contributed by atoms with van der Waals surface area (Å²) in [5, 5.41) is 3.33. The lowest BCUT2D eigenvalue weighted by Gasteiger charge is -2.22. The van der Waals surface area contributed by atoms with Gasteiger partial charge in [0.05, 0.1) is 5.69 Å². The van der Waals surface area contributed by atoms with Crippen LogP contribution in [-0.2, 0) is 13.1 Å². The van der Waals surface area contributed by atoms with Gasteiger partial charge in [0.1, 0.15) is 0 Å². The Labute approximate surface area is 127 Å². The Balaban J connectivity index is 1.86. The minimum Gasteiger partial charge on any atom is -0.313 e. The van der Waals surface area contributed by atoms with E-state index < -0.39 is 0 Å². The molecule has 1 aliphatic heterocycles. The molecule has 0 radical (unpaired) electrons. The Morgan fingerprint density at radius 3 is 2.90 bits per heavy atom. The highest BCUT2D eigenvalue weighted by Gasteiger charge is 2.23. The van der Waals surface area contributed by atoms with Gasteiger partial charge in [-0.05, 0) is 31.1 Å². The zero-order chi connectivity index (χ0) is 14.4. The van der Waals surface area contributed by atoms with Crippen molar-refractivity contribution in [3.8, 4) is 0 Å². The zero-order valence-corrected chi connectivity index (χ0v) is 13.8. The van der Waals surface area contributed by atoms with Crippen molar-refractivity contribution in [2.45, 2.75) is 45.0 Å². The van der Waals surface area contributed by atoms with Crippen LogP contribution in [0.5, 0.6) is 0 Å². The zero-order valence-electron chi connectivity index (χ0n) is 13.0. The molecule has 0 spiro atoms. The second-order valence-corrected chi connectivity index (χ2v) is 7.87. The molecule has 1 saturated heterocycles. The van der Waals surface area contributed by atoms with Gasteiger partial charge in [-0.2, -0.15) is 11.8 Å². The summed E-state index contributed by atoms with van der Waals surface area (Å²) in [4.78, 5) is 7.14. The molecule has 4 heteroatoms. The van der Waals surface area contributed by atoms with Crippen molar-refractivity contribution in [3.05, 3.63) is 29.6 Å². The standard InChI is InChI=1S/C16H27N3S/c1-4-17-11-14-5-6-15(18-12-14)13-19-8-7-16(2,3)20-10-9-19/h5-6,12,17H,4,7-11,13H2,1-3H3. The molecule has 0 amide bonds. The van der Waals surface area contributed by atoms with Gasteiger partial charge in [-0.3, -0.25) is 9.88 Å². The van der Waals surface area contributed by atoms with Crippen molar-refractivity contribution in [1.82, 2.24) is 15.2 Å². The third-order valence-electron chi connectivity index (χ3n) is 3.78. The van der Waals surface area contributed by atoms with Crippen molar-refractivity contribution in [2.75, 3.05) is 25.4 Å². The summed E-state index contributed by atoms with van der Waals surface area (Å²) in [6.07, 6.45) is 3.27. The third-order valence-corrected chi connectivity index (χ3v) is 5.15. The first kappa shape index (κ1) is 15.8. The Morgan fingerprint density at radius 2 is 2.20 bits per heavy atom. The summed E-state index contributed by atoms with van der Waals surface area (Å²) < 4.78 is 0.428. The quantitative estimate of drug-likeness (QED) is 0.903. The van der Waals surface area contributed by atoms with E-state index in [-0.39, 0.29) is 0 Å². The van der Waals surface area contributed by atoms with E-state index in [1.54, 1.807) is 0 Å². The van der Waals surface area contributed by atoms with Gasteiger partial charge in [0.25, 0.3) is 0 Å². The first-order valence-electron chi connectivity index (χ1n) is 7.60. The molecule has 1 aromatic rings. The number of hydrogen-bond donors (Lipinski definition) is 1. The molecule has 112 valence electrons. The fraction of sp³-hybridized carbons (Fsp3) is 0.688. The minimum absolute atomic E-state index is 0.428. The number of nitrogens with one attached hydrogen (secondary N) is 1. The Kier molecular flexibility index (Phi) is 5.87. The van der Waals surface area contributed by atoms with Crippen LogP contribution in [0.15, 0.2) is 18.3 Å². The van der Waals surface area contributed by atoms with E-state index in [1.807, 2.05) is 6.20 Å². The molecule has 1 N–H and O–H groups in total. The number of hydrogen-bond acceptors (Lipinski definition) is 4. The van der Waals surface area contributed by atoms with Crippen LogP contribution in [0.4, 0.5) is 0 Å². The molecule has 2 heterocycles. The molecule has 0 bridgehead atoms. The van der Waals surface area contributed by atoms with E-state index in [1.165, 1.54) is 36.5 Å². The molecule has 3 nitrogen and oxygen atoms in total. The van der Waals surface area contributed by atoms with E-state index in [2.05, 4.69) is 59.9 Å². The molecule has 0 aromatic carbocycles. The summed E-state index contributed by atoms with van der Waals surface area (Å²) >= 11 is 2.10. The fourth-order valence-corrected chi connectivity index (χ4v) is 3.51. The van der Waals surface area contributed by atoms with E-state index in [9.17, 15) is 0 Å². The van der Waals surface area contributed by atoms with Crippen molar-refractivity contribution < 1.29 is 0 Å². The molecule has 0 aliphatic carbocycles. The number of thioether (sulfide) groups is 1. The molecular weight excluding hydrogens is 266 g/mol. The van der Waals surface area contributed by atoms with Gasteiger partial charge >= 0.3 is 0 Å². The molecular formula is C16H27N3S. The molecule has 1 aliphatic rings. The number of pyridine rings is 1. The van der Waals surface area contributed by atoms with Gasteiger partial charge < -0.3 is 5.32 Å². The van der Waals surface area contributed by atoms with Crippen molar-refractivity contribution in [1.29, 1.82) is 0 Å². The smallest absolute Gasteiger partial charge is 0.0544 e. The molecule has 20 heavy (non-hydrogen) atoms. The lowest BCUT2D eigenvalue weighted by atomic mass is 10.1. The van der Waals surface area contributed by atoms with E-state index in [4.69, 9.17) is 0 Å². The lowest BCUT2D eigenvalue weighted by molar-refractivity contribution is 0.273. The van der Waals surface area contributed by atoms with Crippen LogP contribution in [0.25, 0.3) is 0 Å². The average Bonchev–Trinajstić information content (AvgIpc) is 2.59. The molecule has 0 atom stereocenters. The highest BCUT2D eigenvalue weighted by molar-refractivity contribution is 8.00. The van der Waals surface area contributed by atoms with Gasteiger partial charge in [0, 0.05) is 36.3 Å². The Bertz CT molecular complexity index is 403. The second kappa shape index (κ2) is 7.43. The average molecular weight is 293 g/mol. The largest absolute Gasteiger partial charge is 0.313 e. The topological polar surface area (TPSA) is 28.2 Å². The van der Waals surface area contributed by atoms with Gasteiger partial charge in [0.15, 0.2) is 0 Å². The number of aromatic nitrogens is 1. The van der Waals surface area contributed by atoms with E-state index >= 15 is 0 Å². The van der Waals surface area contributed by atoms with Crippen LogP contribution in [0.2, 0.25) is 0 Å². The molecule has 0 saturated carbocycles. The van der Waals surface area contributed by atoms with Crippen molar-refractivity contribution in [2.24, 2.45) is 0 Å². The normalized spacial score (nSPS) is 19.8. The van der Waals surface area contributed by atoms with Gasteiger partial charge in [0.2, 0.25) is 0 Å². The van der Waals surface area contributed by atoms with Crippen LogP contribution < -0.4 is 5.32 Å². The highest BCUT2D eigenvalue weighted by Crippen LogP contribution is 2.30. The monoisotopic (exact) mass is 293 g/mol. The van der Waals surface area contributed by atoms with Gasteiger partial charge in [-0.25, -0.2) is 0 Å². The maximum atomic E-state index is 4.60. The summed E-state index contributed by atoms with van der Waals surface area (Å²) in [6, 6.07) is 4.37. The van der Waals surface area contributed by atoms with Gasteiger partial charge in [-0.15, -0.1) is 0 Å². The lowest BCUT2D eigenvalue weighted by Crippen LogP contribution is -2.27. The third kappa shape index (κ3) is 5.08. The maximum absolute atomic E-state index is 4.60.